The first-order chi connectivity index (χ1) is 15.3. The fourth-order valence-corrected chi connectivity index (χ4v) is 4.25. The van der Waals surface area contributed by atoms with Crippen LogP contribution in [0.15, 0.2) is 42.9 Å². The van der Waals surface area contributed by atoms with Gasteiger partial charge in [-0.15, -0.1) is 0 Å². The molecule has 0 bridgehead atoms. The van der Waals surface area contributed by atoms with Gasteiger partial charge in [-0.3, -0.25) is 4.79 Å². The lowest BCUT2D eigenvalue weighted by molar-refractivity contribution is -0.137. The Morgan fingerprint density at radius 2 is 1.94 bits per heavy atom. The number of hydrogen-bond donors (Lipinski definition) is 1. The Morgan fingerprint density at radius 3 is 2.66 bits per heavy atom. The minimum atomic E-state index is -4.48. The highest BCUT2D eigenvalue weighted by Gasteiger charge is 2.33. The molecule has 1 fully saturated rings. The molecule has 1 saturated heterocycles. The summed E-state index contributed by atoms with van der Waals surface area (Å²) in [6.07, 6.45) is 0.0986. The van der Waals surface area contributed by atoms with Gasteiger partial charge in [0, 0.05) is 38.3 Å². The van der Waals surface area contributed by atoms with E-state index in [1.807, 2.05) is 35.5 Å². The maximum absolute atomic E-state index is 12.8. The molecule has 1 amide bonds. The van der Waals surface area contributed by atoms with Gasteiger partial charge in [0.1, 0.15) is 5.82 Å². The Bertz CT molecular complexity index is 1090. The minimum Gasteiger partial charge on any atom is -0.356 e. The summed E-state index contributed by atoms with van der Waals surface area (Å²) in [5, 5.41) is 2.96. The summed E-state index contributed by atoms with van der Waals surface area (Å²) < 4.78 is 40.5. The lowest BCUT2D eigenvalue weighted by Crippen LogP contribution is -2.41. The number of benzene rings is 1. The van der Waals surface area contributed by atoms with Crippen LogP contribution in [0.3, 0.4) is 0 Å². The molecule has 3 heterocycles. The van der Waals surface area contributed by atoms with Crippen LogP contribution in [-0.4, -0.2) is 40.1 Å². The van der Waals surface area contributed by atoms with Gasteiger partial charge in [-0.05, 0) is 37.5 Å². The van der Waals surface area contributed by atoms with Gasteiger partial charge in [0.15, 0.2) is 0 Å². The van der Waals surface area contributed by atoms with Crippen molar-refractivity contribution in [3.05, 3.63) is 53.4 Å². The first-order valence-electron chi connectivity index (χ1n) is 10.5. The standard InChI is InChI=1S/C22H23ClF3N5O/c23-17-12-16(22(24,25)26)13-28-20(17)30-10-6-15(7-11-30)21(32)27-8-3-9-31-14-29-18-4-1-2-5-19(18)31/h1-2,4-5,12-15H,3,6-11H2,(H,27,32). The maximum Gasteiger partial charge on any atom is 0.417 e. The number of nitrogens with zero attached hydrogens (tertiary/aromatic N) is 4. The number of aromatic nitrogens is 3. The van der Waals surface area contributed by atoms with Crippen LogP contribution in [0.25, 0.3) is 11.0 Å². The Hall–Kier alpha value is -2.81. The van der Waals surface area contributed by atoms with E-state index in [1.165, 1.54) is 0 Å². The molecule has 2 aromatic heterocycles. The number of piperidine rings is 1. The van der Waals surface area contributed by atoms with E-state index >= 15 is 0 Å². The third kappa shape index (κ3) is 4.98. The number of pyridine rings is 1. The van der Waals surface area contributed by atoms with Crippen LogP contribution in [0.5, 0.6) is 0 Å². The Morgan fingerprint density at radius 1 is 1.19 bits per heavy atom. The molecule has 3 aromatic rings. The topological polar surface area (TPSA) is 63.1 Å². The second kappa shape index (κ2) is 9.36. The first-order valence-corrected chi connectivity index (χ1v) is 10.9. The fourth-order valence-electron chi connectivity index (χ4n) is 3.97. The predicted octanol–water partition coefficient (Wildman–Crippen LogP) is 4.53. The third-order valence-corrected chi connectivity index (χ3v) is 5.99. The molecule has 0 saturated carbocycles. The molecule has 0 unspecified atom stereocenters. The molecule has 1 aromatic carbocycles. The maximum atomic E-state index is 12.8. The Kier molecular flexibility index (Phi) is 6.55. The van der Waals surface area contributed by atoms with Crippen molar-refractivity contribution >= 4 is 34.4 Å². The van der Waals surface area contributed by atoms with Crippen molar-refractivity contribution in [1.82, 2.24) is 19.9 Å². The highest BCUT2D eigenvalue weighted by atomic mass is 35.5. The number of nitrogens with one attached hydrogen (secondary N) is 1. The normalized spacial score (nSPS) is 15.3. The van der Waals surface area contributed by atoms with Crippen LogP contribution >= 0.6 is 11.6 Å². The molecular weight excluding hydrogens is 443 g/mol. The van der Waals surface area contributed by atoms with Crippen molar-refractivity contribution in [2.24, 2.45) is 5.92 Å². The van der Waals surface area contributed by atoms with Crippen molar-refractivity contribution in [3.8, 4) is 0 Å². The average molecular weight is 466 g/mol. The van der Waals surface area contributed by atoms with Crippen LogP contribution in [0.2, 0.25) is 5.02 Å². The van der Waals surface area contributed by atoms with E-state index in [0.29, 0.717) is 38.3 Å². The molecule has 0 radical (unpaired) electrons. The summed E-state index contributed by atoms with van der Waals surface area (Å²) in [5.74, 6) is 0.200. The lowest BCUT2D eigenvalue weighted by Gasteiger charge is -2.32. The molecule has 4 rings (SSSR count). The number of carbonyl (C=O) groups is 1. The number of imidazole rings is 1. The van der Waals surface area contributed by atoms with Gasteiger partial charge in [0.2, 0.25) is 5.91 Å². The van der Waals surface area contributed by atoms with E-state index in [2.05, 4.69) is 19.9 Å². The van der Waals surface area contributed by atoms with Gasteiger partial charge in [-0.25, -0.2) is 9.97 Å². The lowest BCUT2D eigenvalue weighted by atomic mass is 9.96. The van der Waals surface area contributed by atoms with Crippen molar-refractivity contribution in [2.75, 3.05) is 24.5 Å². The number of aryl methyl sites for hydroxylation is 1. The second-order valence-electron chi connectivity index (χ2n) is 7.86. The number of rotatable bonds is 6. The van der Waals surface area contributed by atoms with Crippen molar-refractivity contribution in [1.29, 1.82) is 0 Å². The monoisotopic (exact) mass is 465 g/mol. The van der Waals surface area contributed by atoms with Gasteiger partial charge in [-0.1, -0.05) is 23.7 Å². The van der Waals surface area contributed by atoms with Crippen LogP contribution in [0.1, 0.15) is 24.8 Å². The molecule has 1 aliphatic rings. The first kappa shape index (κ1) is 22.4. The molecule has 1 aliphatic heterocycles. The van der Waals surface area contributed by atoms with Crippen molar-refractivity contribution in [2.45, 2.75) is 32.0 Å². The summed E-state index contributed by atoms with van der Waals surface area (Å²) in [6.45, 7) is 2.35. The summed E-state index contributed by atoms with van der Waals surface area (Å²) in [4.78, 5) is 22.6. The van der Waals surface area contributed by atoms with E-state index in [1.54, 1.807) is 0 Å². The van der Waals surface area contributed by atoms with Crippen molar-refractivity contribution in [3.63, 3.8) is 0 Å². The zero-order valence-electron chi connectivity index (χ0n) is 17.3. The van der Waals surface area contributed by atoms with Crippen LogP contribution < -0.4 is 10.2 Å². The number of halogens is 4. The number of alkyl halides is 3. The molecule has 6 nitrogen and oxygen atoms in total. The number of carbonyl (C=O) groups excluding carboxylic acids is 1. The van der Waals surface area contributed by atoms with Crippen molar-refractivity contribution < 1.29 is 18.0 Å². The highest BCUT2D eigenvalue weighted by Crippen LogP contribution is 2.34. The Labute approximate surface area is 188 Å². The van der Waals surface area contributed by atoms with Gasteiger partial charge >= 0.3 is 6.18 Å². The van der Waals surface area contributed by atoms with Crippen LogP contribution in [0.4, 0.5) is 19.0 Å². The fraction of sp³-hybridized carbons (Fsp3) is 0.409. The van der Waals surface area contributed by atoms with E-state index in [4.69, 9.17) is 11.6 Å². The SMILES string of the molecule is O=C(NCCCn1cnc2ccccc21)C1CCN(c2ncc(C(F)(F)F)cc2Cl)CC1. The Balaban J connectivity index is 1.23. The second-order valence-corrected chi connectivity index (χ2v) is 8.27. The smallest absolute Gasteiger partial charge is 0.356 e. The third-order valence-electron chi connectivity index (χ3n) is 5.72. The van der Waals surface area contributed by atoms with Gasteiger partial charge in [-0.2, -0.15) is 13.2 Å². The van der Waals surface area contributed by atoms with E-state index < -0.39 is 11.7 Å². The molecule has 10 heteroatoms. The van der Waals surface area contributed by atoms with Crippen LogP contribution in [0, 0.1) is 5.92 Å². The summed E-state index contributed by atoms with van der Waals surface area (Å²) >= 11 is 6.04. The van der Waals surface area contributed by atoms with E-state index in [9.17, 15) is 18.0 Å². The molecule has 0 aliphatic carbocycles. The molecule has 1 N–H and O–H groups in total. The summed E-state index contributed by atoms with van der Waals surface area (Å²) in [5.41, 5.74) is 1.15. The van der Waals surface area contributed by atoms with E-state index in [-0.39, 0.29) is 16.8 Å². The summed E-state index contributed by atoms with van der Waals surface area (Å²) in [7, 11) is 0. The zero-order valence-corrected chi connectivity index (χ0v) is 18.0. The number of hydrogen-bond acceptors (Lipinski definition) is 4. The molecule has 0 spiro atoms. The quantitative estimate of drug-likeness (QED) is 0.543. The van der Waals surface area contributed by atoms with Crippen LogP contribution in [-0.2, 0) is 17.5 Å². The number of anilines is 1. The largest absolute Gasteiger partial charge is 0.417 e. The molecule has 32 heavy (non-hydrogen) atoms. The summed E-state index contributed by atoms with van der Waals surface area (Å²) in [6, 6.07) is 8.81. The minimum absolute atomic E-state index is 0.00612. The molecular formula is C22H23ClF3N5O. The average Bonchev–Trinajstić information content (AvgIpc) is 3.19. The zero-order chi connectivity index (χ0) is 22.7. The van der Waals surface area contributed by atoms with Gasteiger partial charge < -0.3 is 14.8 Å². The predicted molar refractivity (Wildman–Crippen MR) is 117 cm³/mol. The number of para-hydroxylation sites is 2. The highest BCUT2D eigenvalue weighted by molar-refractivity contribution is 6.33. The molecule has 170 valence electrons. The van der Waals surface area contributed by atoms with Gasteiger partial charge in [0.25, 0.3) is 0 Å². The van der Waals surface area contributed by atoms with Gasteiger partial charge in [0.05, 0.1) is 27.9 Å². The number of amides is 1. The molecule has 0 atom stereocenters. The number of fused-ring (bicyclic) bond motifs is 1. The van der Waals surface area contributed by atoms with E-state index in [0.717, 1.165) is 36.3 Å².